The molecule has 0 amide bonds. The summed E-state index contributed by atoms with van der Waals surface area (Å²) in [5, 5.41) is 11.6. The Kier molecular flexibility index (Phi) is 4.29. The normalized spacial score (nSPS) is 12.5. The second-order valence-corrected chi connectivity index (χ2v) is 4.77. The minimum Gasteiger partial charge on any atom is -0.383 e. The number of nitro groups is 1. The van der Waals surface area contributed by atoms with Crippen LogP contribution in [-0.4, -0.2) is 29.0 Å². The monoisotopic (exact) mass is 280 g/mol. The van der Waals surface area contributed by atoms with E-state index < -0.39 is 4.92 Å². The molecule has 1 unspecified atom stereocenters. The Morgan fingerprint density at radius 1 is 1.47 bits per heavy atom. The molecule has 0 fully saturated rings. The molecule has 5 nitrogen and oxygen atoms in total. The van der Waals surface area contributed by atoms with Crippen molar-refractivity contribution in [1.82, 2.24) is 4.98 Å². The fraction of sp³-hybridized carbons (Fsp3) is 0.308. The molecule has 0 aliphatic rings. The van der Waals surface area contributed by atoms with Crippen LogP contribution in [-0.2, 0) is 11.2 Å². The van der Waals surface area contributed by atoms with Gasteiger partial charge in [-0.05, 0) is 18.1 Å². The van der Waals surface area contributed by atoms with Gasteiger partial charge in [-0.15, -0.1) is 11.6 Å². The van der Waals surface area contributed by atoms with Gasteiger partial charge in [0.05, 0.1) is 16.9 Å². The highest BCUT2D eigenvalue weighted by Gasteiger charge is 2.16. The van der Waals surface area contributed by atoms with Gasteiger partial charge in [-0.1, -0.05) is 12.1 Å². The molecule has 6 heteroatoms. The maximum atomic E-state index is 11.0. The van der Waals surface area contributed by atoms with Gasteiger partial charge < -0.3 is 4.74 Å². The number of nitrogens with zero attached hydrogens (tertiary/aromatic N) is 2. The highest BCUT2D eigenvalue weighted by Crippen LogP contribution is 2.27. The lowest BCUT2D eigenvalue weighted by Gasteiger charge is -2.10. The van der Waals surface area contributed by atoms with Crippen LogP contribution in [0.25, 0.3) is 10.9 Å². The molecule has 1 atom stereocenters. The Labute approximate surface area is 115 Å². The first-order valence-corrected chi connectivity index (χ1v) is 6.21. The fourth-order valence-electron chi connectivity index (χ4n) is 2.02. The SMILES string of the molecule is COCC(Cl)Cc1ccc([N+](=O)[O-])c2ncccc12. The number of pyridine rings is 1. The number of fused-ring (bicyclic) bond motifs is 1. The molecular formula is C13H13ClN2O3. The van der Waals surface area contributed by atoms with Gasteiger partial charge in [0.25, 0.3) is 5.69 Å². The van der Waals surface area contributed by atoms with Crippen molar-refractivity contribution in [3.05, 3.63) is 46.1 Å². The second kappa shape index (κ2) is 5.95. The third-order valence-corrected chi connectivity index (χ3v) is 3.10. The maximum absolute atomic E-state index is 11.0. The van der Waals surface area contributed by atoms with E-state index in [1.165, 1.54) is 6.07 Å². The molecule has 2 rings (SSSR count). The van der Waals surface area contributed by atoms with Gasteiger partial charge in [0, 0.05) is 24.8 Å². The van der Waals surface area contributed by atoms with Gasteiger partial charge in [0.15, 0.2) is 0 Å². The second-order valence-electron chi connectivity index (χ2n) is 4.16. The third kappa shape index (κ3) is 3.00. The van der Waals surface area contributed by atoms with Gasteiger partial charge >= 0.3 is 0 Å². The molecule has 1 heterocycles. The third-order valence-electron chi connectivity index (χ3n) is 2.82. The Hall–Kier alpha value is -1.72. The van der Waals surface area contributed by atoms with E-state index in [1.54, 1.807) is 25.4 Å². The Balaban J connectivity index is 2.46. The van der Waals surface area contributed by atoms with Gasteiger partial charge in [0.2, 0.25) is 0 Å². The van der Waals surface area contributed by atoms with E-state index in [4.69, 9.17) is 16.3 Å². The van der Waals surface area contributed by atoms with Crippen LogP contribution in [0, 0.1) is 10.1 Å². The van der Waals surface area contributed by atoms with Crippen molar-refractivity contribution in [1.29, 1.82) is 0 Å². The number of halogens is 1. The predicted molar refractivity (Wildman–Crippen MR) is 73.6 cm³/mol. The molecular weight excluding hydrogens is 268 g/mol. The van der Waals surface area contributed by atoms with Gasteiger partial charge in [-0.2, -0.15) is 0 Å². The predicted octanol–water partition coefficient (Wildman–Crippen LogP) is 2.94. The zero-order valence-electron chi connectivity index (χ0n) is 10.4. The average Bonchev–Trinajstić information content (AvgIpc) is 2.39. The zero-order chi connectivity index (χ0) is 13.8. The summed E-state index contributed by atoms with van der Waals surface area (Å²) in [6, 6.07) is 6.78. The minimum absolute atomic E-state index is 0.0113. The number of aromatic nitrogens is 1. The number of ether oxygens (including phenoxy) is 1. The Morgan fingerprint density at radius 3 is 2.95 bits per heavy atom. The quantitative estimate of drug-likeness (QED) is 0.480. The zero-order valence-corrected chi connectivity index (χ0v) is 11.1. The molecule has 0 aliphatic carbocycles. The summed E-state index contributed by atoms with van der Waals surface area (Å²) in [7, 11) is 1.59. The van der Waals surface area contributed by atoms with Gasteiger partial charge in [0.1, 0.15) is 5.52 Å². The summed E-state index contributed by atoms with van der Waals surface area (Å²) >= 11 is 6.14. The number of alkyl halides is 1. The molecule has 0 spiro atoms. The Morgan fingerprint density at radius 2 is 2.26 bits per heavy atom. The number of hydrogen-bond donors (Lipinski definition) is 0. The van der Waals surface area contributed by atoms with Crippen LogP contribution in [0.3, 0.4) is 0 Å². The molecule has 0 bridgehead atoms. The number of nitro benzene ring substituents is 1. The number of non-ortho nitro benzene ring substituents is 1. The lowest BCUT2D eigenvalue weighted by atomic mass is 10.0. The van der Waals surface area contributed by atoms with Crippen molar-refractivity contribution in [2.45, 2.75) is 11.8 Å². The van der Waals surface area contributed by atoms with Crippen molar-refractivity contribution in [3.63, 3.8) is 0 Å². The highest BCUT2D eigenvalue weighted by molar-refractivity contribution is 6.21. The van der Waals surface area contributed by atoms with Crippen LogP contribution in [0.4, 0.5) is 5.69 Å². The van der Waals surface area contributed by atoms with Crippen molar-refractivity contribution in [2.75, 3.05) is 13.7 Å². The standard InChI is InChI=1S/C13H13ClN2O3/c1-19-8-10(14)7-9-4-5-12(16(17)18)13-11(9)3-2-6-15-13/h2-6,10H,7-8H2,1H3. The summed E-state index contributed by atoms with van der Waals surface area (Å²) in [5.74, 6) is 0. The molecule has 0 N–H and O–H groups in total. The largest absolute Gasteiger partial charge is 0.383 e. The fourth-order valence-corrected chi connectivity index (χ4v) is 2.31. The van der Waals surface area contributed by atoms with E-state index in [0.717, 1.165) is 10.9 Å². The van der Waals surface area contributed by atoms with Crippen LogP contribution in [0.2, 0.25) is 0 Å². The van der Waals surface area contributed by atoms with E-state index in [2.05, 4.69) is 4.98 Å². The lowest BCUT2D eigenvalue weighted by Crippen LogP contribution is -2.11. The molecule has 0 saturated carbocycles. The molecule has 0 saturated heterocycles. The van der Waals surface area contributed by atoms with Gasteiger partial charge in [-0.25, -0.2) is 4.98 Å². The molecule has 0 radical (unpaired) electrons. The molecule has 1 aromatic carbocycles. The summed E-state index contributed by atoms with van der Waals surface area (Å²) in [6.45, 7) is 0.431. The summed E-state index contributed by atoms with van der Waals surface area (Å²) in [5.41, 5.74) is 1.34. The summed E-state index contributed by atoms with van der Waals surface area (Å²) < 4.78 is 4.99. The smallest absolute Gasteiger partial charge is 0.295 e. The van der Waals surface area contributed by atoms with Crippen LogP contribution in [0.15, 0.2) is 30.5 Å². The lowest BCUT2D eigenvalue weighted by molar-refractivity contribution is -0.383. The van der Waals surface area contributed by atoms with Crippen LogP contribution in [0.5, 0.6) is 0 Å². The Bertz CT molecular complexity index is 603. The van der Waals surface area contributed by atoms with Gasteiger partial charge in [-0.3, -0.25) is 10.1 Å². The molecule has 1 aromatic heterocycles. The van der Waals surface area contributed by atoms with E-state index in [0.29, 0.717) is 18.5 Å². The van der Waals surface area contributed by atoms with Crippen molar-refractivity contribution >= 4 is 28.2 Å². The van der Waals surface area contributed by atoms with Crippen molar-refractivity contribution in [2.24, 2.45) is 0 Å². The molecule has 100 valence electrons. The summed E-state index contributed by atoms with van der Waals surface area (Å²) in [6.07, 6.45) is 2.13. The summed E-state index contributed by atoms with van der Waals surface area (Å²) in [4.78, 5) is 14.6. The van der Waals surface area contributed by atoms with E-state index >= 15 is 0 Å². The van der Waals surface area contributed by atoms with E-state index in [1.807, 2.05) is 6.07 Å². The van der Waals surface area contributed by atoms with Crippen LogP contribution in [0.1, 0.15) is 5.56 Å². The van der Waals surface area contributed by atoms with Crippen LogP contribution >= 0.6 is 11.6 Å². The van der Waals surface area contributed by atoms with E-state index in [9.17, 15) is 10.1 Å². The average molecular weight is 281 g/mol. The highest BCUT2D eigenvalue weighted by atomic mass is 35.5. The number of hydrogen-bond acceptors (Lipinski definition) is 4. The first-order valence-electron chi connectivity index (χ1n) is 5.77. The topological polar surface area (TPSA) is 65.3 Å². The minimum atomic E-state index is -0.424. The van der Waals surface area contributed by atoms with Crippen molar-refractivity contribution < 1.29 is 9.66 Å². The van der Waals surface area contributed by atoms with Crippen molar-refractivity contribution in [3.8, 4) is 0 Å². The number of methoxy groups -OCH3 is 1. The first-order chi connectivity index (χ1) is 9.13. The van der Waals surface area contributed by atoms with Crippen LogP contribution < -0.4 is 0 Å². The molecule has 2 aromatic rings. The first kappa shape index (κ1) is 13.7. The number of benzene rings is 1. The molecule has 19 heavy (non-hydrogen) atoms. The van der Waals surface area contributed by atoms with E-state index in [-0.39, 0.29) is 11.1 Å². The number of rotatable bonds is 5. The molecule has 0 aliphatic heterocycles. The maximum Gasteiger partial charge on any atom is 0.295 e.